The molecule has 1 N–H and O–H groups in total. The molecule has 3 aromatic carbocycles. The summed E-state index contributed by atoms with van der Waals surface area (Å²) in [5, 5.41) is 9.24. The molecule has 1 aromatic heterocycles. The normalized spacial score (nSPS) is 15.9. The van der Waals surface area contributed by atoms with E-state index in [-0.39, 0.29) is 5.91 Å². The Kier molecular flexibility index (Phi) is 6.19. The fourth-order valence-corrected chi connectivity index (χ4v) is 5.10. The molecule has 176 valence electrons. The summed E-state index contributed by atoms with van der Waals surface area (Å²) in [6, 6.07) is 31.1. The number of nitrogens with zero attached hydrogens (tertiary/aromatic N) is 3. The summed E-state index contributed by atoms with van der Waals surface area (Å²) < 4.78 is 2.15. The van der Waals surface area contributed by atoms with E-state index in [0.29, 0.717) is 25.9 Å². The van der Waals surface area contributed by atoms with Crippen LogP contribution < -0.4 is 0 Å². The van der Waals surface area contributed by atoms with Gasteiger partial charge in [0.05, 0.1) is 12.0 Å². The Balaban J connectivity index is 1.54. The predicted molar refractivity (Wildman–Crippen MR) is 133 cm³/mol. The number of benzene rings is 3. The minimum absolute atomic E-state index is 0.302. The maximum atomic E-state index is 12.4. The van der Waals surface area contributed by atoms with Crippen LogP contribution in [0, 0.1) is 5.92 Å². The van der Waals surface area contributed by atoms with E-state index in [1.165, 1.54) is 0 Å². The number of carbonyl (C=O) groups is 2. The minimum atomic E-state index is -1.04. The zero-order valence-electron chi connectivity index (χ0n) is 19.3. The SMILES string of the molecule is O=C(O)[C@@H]1CCN(CCc2cn(C(c3ccccc3)(c3ccccc3)c3ccccc3)cn2)C1=O. The van der Waals surface area contributed by atoms with Crippen molar-refractivity contribution >= 4 is 11.9 Å². The second-order valence-electron chi connectivity index (χ2n) is 8.84. The Bertz CT molecular complexity index is 1210. The summed E-state index contributed by atoms with van der Waals surface area (Å²) >= 11 is 0. The van der Waals surface area contributed by atoms with Gasteiger partial charge in [-0.3, -0.25) is 9.59 Å². The van der Waals surface area contributed by atoms with Crippen molar-refractivity contribution in [3.05, 3.63) is 126 Å². The van der Waals surface area contributed by atoms with Crippen molar-refractivity contribution in [3.8, 4) is 0 Å². The van der Waals surface area contributed by atoms with E-state index in [0.717, 1.165) is 22.4 Å². The number of hydrogen-bond acceptors (Lipinski definition) is 3. The van der Waals surface area contributed by atoms with Gasteiger partial charge in [0.2, 0.25) is 5.91 Å². The number of likely N-dealkylation sites (tertiary alicyclic amines) is 1. The fraction of sp³-hybridized carbons (Fsp3) is 0.207. The van der Waals surface area contributed by atoms with Crippen LogP contribution in [0.1, 0.15) is 28.8 Å². The largest absolute Gasteiger partial charge is 0.481 e. The summed E-state index contributed by atoms with van der Waals surface area (Å²) in [4.78, 5) is 30.0. The summed E-state index contributed by atoms with van der Waals surface area (Å²) in [5.74, 6) is -2.27. The standard InChI is InChI=1S/C29H27N3O3/c33-27-26(28(34)35)17-19-31(27)18-16-25-20-32(21-30-25)29(22-10-4-1-5-11-22,23-12-6-2-7-13-23)24-14-8-3-9-15-24/h1-15,20-21,26H,16-19H2,(H,34,35)/t26-/m1/s1. The van der Waals surface area contributed by atoms with Gasteiger partial charge in [0.15, 0.2) is 0 Å². The third-order valence-corrected chi connectivity index (χ3v) is 6.83. The lowest BCUT2D eigenvalue weighted by atomic mass is 9.77. The van der Waals surface area contributed by atoms with Crippen LogP contribution in [0.2, 0.25) is 0 Å². The van der Waals surface area contributed by atoms with Crippen LogP contribution in [-0.4, -0.2) is 44.5 Å². The molecule has 0 saturated carbocycles. The van der Waals surface area contributed by atoms with Gasteiger partial charge in [0.25, 0.3) is 0 Å². The first-order chi connectivity index (χ1) is 17.1. The summed E-state index contributed by atoms with van der Waals surface area (Å²) in [6.45, 7) is 0.924. The highest BCUT2D eigenvalue weighted by Crippen LogP contribution is 2.40. The highest BCUT2D eigenvalue weighted by atomic mass is 16.4. The Labute approximate surface area is 204 Å². The summed E-state index contributed by atoms with van der Waals surface area (Å²) in [6.07, 6.45) is 4.82. The topological polar surface area (TPSA) is 75.4 Å². The van der Waals surface area contributed by atoms with E-state index in [1.807, 2.05) is 67.1 Å². The molecule has 1 atom stereocenters. The number of imidazole rings is 1. The van der Waals surface area contributed by atoms with Crippen molar-refractivity contribution in [2.45, 2.75) is 18.4 Å². The number of hydrogen-bond donors (Lipinski definition) is 1. The molecule has 0 unspecified atom stereocenters. The van der Waals surface area contributed by atoms with Gasteiger partial charge in [0, 0.05) is 25.7 Å². The molecule has 0 aliphatic carbocycles. The van der Waals surface area contributed by atoms with Crippen LogP contribution in [0.5, 0.6) is 0 Å². The maximum absolute atomic E-state index is 12.4. The van der Waals surface area contributed by atoms with E-state index in [2.05, 4.69) is 41.0 Å². The first kappa shape index (κ1) is 22.6. The Hall–Kier alpha value is -4.19. The highest BCUT2D eigenvalue weighted by Gasteiger charge is 2.39. The van der Waals surface area contributed by atoms with Crippen LogP contribution in [0.25, 0.3) is 0 Å². The Morgan fingerprint density at radius 1 is 0.886 bits per heavy atom. The van der Waals surface area contributed by atoms with E-state index >= 15 is 0 Å². The quantitative estimate of drug-likeness (QED) is 0.313. The van der Waals surface area contributed by atoms with Crippen molar-refractivity contribution in [3.63, 3.8) is 0 Å². The first-order valence-electron chi connectivity index (χ1n) is 11.8. The van der Waals surface area contributed by atoms with Crippen LogP contribution in [-0.2, 0) is 21.5 Å². The molecule has 1 amide bonds. The molecule has 1 aliphatic rings. The maximum Gasteiger partial charge on any atom is 0.316 e. The first-order valence-corrected chi connectivity index (χ1v) is 11.8. The van der Waals surface area contributed by atoms with Crippen molar-refractivity contribution in [2.24, 2.45) is 5.92 Å². The van der Waals surface area contributed by atoms with Crippen molar-refractivity contribution in [1.29, 1.82) is 0 Å². The highest BCUT2D eigenvalue weighted by molar-refractivity contribution is 5.98. The molecule has 0 spiro atoms. The number of amides is 1. The molecule has 1 aliphatic heterocycles. The van der Waals surface area contributed by atoms with Gasteiger partial charge in [-0.1, -0.05) is 91.0 Å². The lowest BCUT2D eigenvalue weighted by molar-refractivity contribution is -0.147. The molecule has 4 aromatic rings. The van der Waals surface area contributed by atoms with Crippen LogP contribution in [0.15, 0.2) is 104 Å². The predicted octanol–water partition coefficient (Wildman–Crippen LogP) is 4.20. The van der Waals surface area contributed by atoms with Gasteiger partial charge >= 0.3 is 5.97 Å². The van der Waals surface area contributed by atoms with E-state index in [4.69, 9.17) is 4.98 Å². The van der Waals surface area contributed by atoms with Crippen LogP contribution in [0.3, 0.4) is 0 Å². The Morgan fingerprint density at radius 3 is 1.86 bits per heavy atom. The average molecular weight is 466 g/mol. The molecule has 0 radical (unpaired) electrons. The molecular weight excluding hydrogens is 438 g/mol. The van der Waals surface area contributed by atoms with Crippen LogP contribution >= 0.6 is 0 Å². The van der Waals surface area contributed by atoms with Gasteiger partial charge in [-0.15, -0.1) is 0 Å². The van der Waals surface area contributed by atoms with Gasteiger partial charge < -0.3 is 14.6 Å². The number of carboxylic acid groups (broad SMARTS) is 1. The number of rotatable bonds is 8. The molecule has 6 nitrogen and oxygen atoms in total. The van der Waals surface area contributed by atoms with Gasteiger partial charge in [0.1, 0.15) is 11.5 Å². The van der Waals surface area contributed by atoms with Gasteiger partial charge in [-0.2, -0.15) is 0 Å². The van der Waals surface area contributed by atoms with Crippen molar-refractivity contribution < 1.29 is 14.7 Å². The molecule has 35 heavy (non-hydrogen) atoms. The zero-order chi connectivity index (χ0) is 24.3. The Morgan fingerprint density at radius 2 is 1.40 bits per heavy atom. The van der Waals surface area contributed by atoms with E-state index < -0.39 is 17.4 Å². The van der Waals surface area contributed by atoms with Crippen molar-refractivity contribution in [1.82, 2.24) is 14.5 Å². The number of aliphatic carboxylic acids is 1. The molecule has 6 heteroatoms. The van der Waals surface area contributed by atoms with Crippen molar-refractivity contribution in [2.75, 3.05) is 13.1 Å². The van der Waals surface area contributed by atoms with Gasteiger partial charge in [-0.05, 0) is 23.1 Å². The average Bonchev–Trinajstić information content (AvgIpc) is 3.52. The lowest BCUT2D eigenvalue weighted by Crippen LogP contribution is -2.37. The molecular formula is C29H27N3O3. The lowest BCUT2D eigenvalue weighted by Gasteiger charge is -2.37. The number of carbonyl (C=O) groups excluding carboxylic acids is 1. The molecule has 2 heterocycles. The molecule has 1 fully saturated rings. The van der Waals surface area contributed by atoms with E-state index in [1.54, 1.807) is 4.90 Å². The third kappa shape index (κ3) is 4.12. The number of carboxylic acids is 1. The number of aromatic nitrogens is 2. The molecule has 5 rings (SSSR count). The fourth-order valence-electron chi connectivity index (χ4n) is 5.10. The third-order valence-electron chi connectivity index (χ3n) is 6.83. The van der Waals surface area contributed by atoms with E-state index in [9.17, 15) is 14.7 Å². The second kappa shape index (κ2) is 9.58. The smallest absolute Gasteiger partial charge is 0.316 e. The summed E-state index contributed by atoms with van der Waals surface area (Å²) in [7, 11) is 0. The van der Waals surface area contributed by atoms with Crippen LogP contribution in [0.4, 0.5) is 0 Å². The molecule has 1 saturated heterocycles. The second-order valence-corrected chi connectivity index (χ2v) is 8.84. The zero-order valence-corrected chi connectivity index (χ0v) is 19.3. The minimum Gasteiger partial charge on any atom is -0.481 e. The van der Waals surface area contributed by atoms with Gasteiger partial charge in [-0.25, -0.2) is 4.98 Å². The summed E-state index contributed by atoms with van der Waals surface area (Å²) in [5.41, 5.74) is 3.55. The monoisotopic (exact) mass is 465 g/mol. The molecule has 0 bridgehead atoms.